The number of anilines is 2. The molecule has 0 saturated heterocycles. The van der Waals surface area contributed by atoms with Gasteiger partial charge in [-0.25, -0.2) is 18.4 Å². The van der Waals surface area contributed by atoms with Gasteiger partial charge in [-0.05, 0) is 31.0 Å². The third-order valence-electron chi connectivity index (χ3n) is 5.09. The van der Waals surface area contributed by atoms with Crippen LogP contribution in [0.2, 0.25) is 0 Å². The Labute approximate surface area is 161 Å². The maximum absolute atomic E-state index is 14.1. The summed E-state index contributed by atoms with van der Waals surface area (Å²) in [4.78, 5) is 18.3. The number of fused-ring (bicyclic) bond motifs is 1. The number of amides is 1. The van der Waals surface area contributed by atoms with Gasteiger partial charge in [0.15, 0.2) is 17.3 Å². The summed E-state index contributed by atoms with van der Waals surface area (Å²) >= 11 is 0. The molecule has 1 aliphatic rings. The lowest BCUT2D eigenvalue weighted by Crippen LogP contribution is -2.16. The van der Waals surface area contributed by atoms with E-state index in [2.05, 4.69) is 15.4 Å². The molecule has 2 heterocycles. The maximum atomic E-state index is 14.1. The van der Waals surface area contributed by atoms with Gasteiger partial charge in [-0.15, -0.1) is 0 Å². The van der Waals surface area contributed by atoms with Crippen LogP contribution in [0.1, 0.15) is 42.1 Å². The summed E-state index contributed by atoms with van der Waals surface area (Å²) in [6.07, 6.45) is 7.70. The van der Waals surface area contributed by atoms with Crippen molar-refractivity contribution in [2.45, 2.75) is 31.7 Å². The van der Waals surface area contributed by atoms with E-state index in [-0.39, 0.29) is 11.4 Å². The number of hydrogen-bond donors (Lipinski definition) is 1. The Kier molecular flexibility index (Phi) is 4.70. The normalized spacial score (nSPS) is 14.6. The number of nitrogens with zero attached hydrogens (tertiary/aromatic N) is 4. The number of rotatable bonds is 4. The summed E-state index contributed by atoms with van der Waals surface area (Å²) < 4.78 is 30.2. The Morgan fingerprint density at radius 2 is 1.82 bits per heavy atom. The van der Waals surface area contributed by atoms with E-state index in [1.54, 1.807) is 26.4 Å². The molecule has 1 N–H and O–H groups in total. The number of carbonyl (C=O) groups excluding carboxylic acids is 1. The number of aromatic nitrogens is 3. The average molecular weight is 385 g/mol. The second-order valence-electron chi connectivity index (χ2n) is 7.30. The fraction of sp³-hybridized carbons (Fsp3) is 0.350. The minimum Gasteiger partial charge on any atom is -0.373 e. The van der Waals surface area contributed by atoms with Crippen molar-refractivity contribution in [1.82, 2.24) is 14.8 Å². The summed E-state index contributed by atoms with van der Waals surface area (Å²) in [5.41, 5.74) is 0.944. The third-order valence-corrected chi connectivity index (χ3v) is 5.09. The molecule has 0 aliphatic heterocycles. The highest BCUT2D eigenvalue weighted by atomic mass is 19.1. The van der Waals surface area contributed by atoms with Crippen molar-refractivity contribution in [3.8, 4) is 0 Å². The van der Waals surface area contributed by atoms with Crippen molar-refractivity contribution in [2.24, 2.45) is 0 Å². The van der Waals surface area contributed by atoms with Crippen LogP contribution in [0.25, 0.3) is 11.0 Å². The predicted molar refractivity (Wildman–Crippen MR) is 104 cm³/mol. The number of benzene rings is 1. The van der Waals surface area contributed by atoms with E-state index < -0.39 is 17.5 Å². The topological polar surface area (TPSA) is 63.1 Å². The standard InChI is InChI=1S/C20H21F2N5O/c1-26(2)18-16(21)8-14(9-17(18)22)25-20(28)13-7-12-11-24-27(19(12)23-10-13)15-5-3-4-6-15/h7-11,15H,3-6H2,1-2H3,(H,25,28). The molecule has 0 atom stereocenters. The fourth-order valence-corrected chi connectivity index (χ4v) is 3.75. The molecule has 1 saturated carbocycles. The van der Waals surface area contributed by atoms with E-state index in [0.29, 0.717) is 11.6 Å². The highest BCUT2D eigenvalue weighted by Gasteiger charge is 2.21. The monoisotopic (exact) mass is 385 g/mol. The van der Waals surface area contributed by atoms with Crippen molar-refractivity contribution in [3.05, 3.63) is 47.8 Å². The van der Waals surface area contributed by atoms with Crippen LogP contribution in [0.3, 0.4) is 0 Å². The van der Waals surface area contributed by atoms with Crippen LogP contribution in [-0.2, 0) is 0 Å². The van der Waals surface area contributed by atoms with E-state index >= 15 is 0 Å². The van der Waals surface area contributed by atoms with Gasteiger partial charge in [0.2, 0.25) is 0 Å². The van der Waals surface area contributed by atoms with Crippen LogP contribution >= 0.6 is 0 Å². The summed E-state index contributed by atoms with van der Waals surface area (Å²) in [5, 5.41) is 7.72. The summed E-state index contributed by atoms with van der Waals surface area (Å²) in [7, 11) is 3.10. The second kappa shape index (κ2) is 7.18. The van der Waals surface area contributed by atoms with Gasteiger partial charge in [-0.2, -0.15) is 5.10 Å². The molecule has 146 valence electrons. The number of pyridine rings is 1. The third kappa shape index (κ3) is 3.30. The SMILES string of the molecule is CN(C)c1c(F)cc(NC(=O)c2cnc3c(cnn3C3CCCC3)c2)cc1F. The molecule has 4 rings (SSSR count). The first-order chi connectivity index (χ1) is 13.4. The number of nitrogens with one attached hydrogen (secondary N) is 1. The minimum atomic E-state index is -0.744. The van der Waals surface area contributed by atoms with Crippen molar-refractivity contribution in [2.75, 3.05) is 24.3 Å². The Balaban J connectivity index is 1.57. The van der Waals surface area contributed by atoms with Crippen LogP contribution in [0, 0.1) is 11.6 Å². The summed E-state index contributed by atoms with van der Waals surface area (Å²) in [6, 6.07) is 4.24. The van der Waals surface area contributed by atoms with E-state index in [1.165, 1.54) is 23.9 Å². The van der Waals surface area contributed by atoms with Crippen molar-refractivity contribution in [1.29, 1.82) is 0 Å². The highest BCUT2D eigenvalue weighted by Crippen LogP contribution is 2.31. The Bertz CT molecular complexity index is 1020. The molecule has 0 radical (unpaired) electrons. The van der Waals surface area contributed by atoms with Gasteiger partial charge in [0, 0.05) is 31.4 Å². The van der Waals surface area contributed by atoms with Gasteiger partial charge < -0.3 is 10.2 Å². The zero-order chi connectivity index (χ0) is 19.8. The molecule has 6 nitrogen and oxygen atoms in total. The minimum absolute atomic E-state index is 0.0485. The van der Waals surface area contributed by atoms with Crippen LogP contribution < -0.4 is 10.2 Å². The van der Waals surface area contributed by atoms with E-state index in [9.17, 15) is 13.6 Å². The lowest BCUT2D eigenvalue weighted by atomic mass is 10.2. The zero-order valence-corrected chi connectivity index (χ0v) is 15.7. The number of hydrogen-bond acceptors (Lipinski definition) is 4. The average Bonchev–Trinajstić information content (AvgIpc) is 3.29. The Morgan fingerprint density at radius 3 is 2.46 bits per heavy atom. The Hall–Kier alpha value is -3.03. The van der Waals surface area contributed by atoms with Crippen LogP contribution in [-0.4, -0.2) is 34.8 Å². The van der Waals surface area contributed by atoms with Gasteiger partial charge in [-0.1, -0.05) is 12.8 Å². The molecule has 1 amide bonds. The van der Waals surface area contributed by atoms with Gasteiger partial charge >= 0.3 is 0 Å². The van der Waals surface area contributed by atoms with Gasteiger partial charge in [0.05, 0.1) is 17.8 Å². The van der Waals surface area contributed by atoms with Gasteiger partial charge in [0.25, 0.3) is 5.91 Å². The molecule has 8 heteroatoms. The van der Waals surface area contributed by atoms with E-state index in [0.717, 1.165) is 36.0 Å². The largest absolute Gasteiger partial charge is 0.373 e. The molecule has 1 fully saturated rings. The van der Waals surface area contributed by atoms with Crippen molar-refractivity contribution >= 4 is 28.3 Å². The lowest BCUT2D eigenvalue weighted by Gasteiger charge is -2.16. The molecule has 28 heavy (non-hydrogen) atoms. The molecule has 3 aromatic rings. The first-order valence-corrected chi connectivity index (χ1v) is 9.25. The molecular weight excluding hydrogens is 364 g/mol. The second-order valence-corrected chi connectivity index (χ2v) is 7.30. The molecule has 0 spiro atoms. The molecule has 1 aliphatic carbocycles. The molecule has 0 unspecified atom stereocenters. The summed E-state index contributed by atoms with van der Waals surface area (Å²) in [6.45, 7) is 0. The Morgan fingerprint density at radius 1 is 1.14 bits per heavy atom. The van der Waals surface area contributed by atoms with Crippen molar-refractivity contribution < 1.29 is 13.6 Å². The van der Waals surface area contributed by atoms with Crippen LogP contribution in [0.5, 0.6) is 0 Å². The number of carbonyl (C=O) groups is 1. The highest BCUT2D eigenvalue weighted by molar-refractivity contribution is 6.05. The first-order valence-electron chi connectivity index (χ1n) is 9.25. The summed E-state index contributed by atoms with van der Waals surface area (Å²) in [5.74, 6) is -1.97. The smallest absolute Gasteiger partial charge is 0.257 e. The molecule has 0 bridgehead atoms. The number of halogens is 2. The lowest BCUT2D eigenvalue weighted by molar-refractivity contribution is 0.102. The zero-order valence-electron chi connectivity index (χ0n) is 15.7. The van der Waals surface area contributed by atoms with E-state index in [4.69, 9.17) is 0 Å². The quantitative estimate of drug-likeness (QED) is 0.733. The maximum Gasteiger partial charge on any atom is 0.257 e. The van der Waals surface area contributed by atoms with Crippen LogP contribution in [0.15, 0.2) is 30.6 Å². The predicted octanol–water partition coefficient (Wildman–Crippen LogP) is 4.14. The molecular formula is C20H21F2N5O. The molecule has 2 aromatic heterocycles. The fourth-order valence-electron chi connectivity index (χ4n) is 3.75. The molecule has 1 aromatic carbocycles. The van der Waals surface area contributed by atoms with Crippen LogP contribution in [0.4, 0.5) is 20.2 Å². The van der Waals surface area contributed by atoms with Crippen molar-refractivity contribution in [3.63, 3.8) is 0 Å². The van der Waals surface area contributed by atoms with Gasteiger partial charge in [-0.3, -0.25) is 4.79 Å². The van der Waals surface area contributed by atoms with Gasteiger partial charge in [0.1, 0.15) is 5.69 Å². The van der Waals surface area contributed by atoms with E-state index in [1.807, 2.05) is 4.68 Å². The first kappa shape index (κ1) is 18.3.